The van der Waals surface area contributed by atoms with Gasteiger partial charge in [-0.1, -0.05) is 15.9 Å². The number of amides is 1. The Bertz CT molecular complexity index is 734. The van der Waals surface area contributed by atoms with E-state index in [0.29, 0.717) is 11.3 Å². The molecule has 0 heterocycles. The normalized spacial score (nSPS) is 10.2. The second-order valence-corrected chi connectivity index (χ2v) is 6.26. The average molecular weight is 461 g/mol. The van der Waals surface area contributed by atoms with Gasteiger partial charge in [0, 0.05) is 8.04 Å². The van der Waals surface area contributed by atoms with Crippen molar-refractivity contribution >= 4 is 61.8 Å². The van der Waals surface area contributed by atoms with Crippen molar-refractivity contribution in [3.05, 3.63) is 55.6 Å². The molecule has 2 aromatic carbocycles. The van der Waals surface area contributed by atoms with Crippen molar-refractivity contribution in [2.75, 3.05) is 11.1 Å². The van der Waals surface area contributed by atoms with E-state index in [4.69, 9.17) is 10.8 Å². The minimum Gasteiger partial charge on any atom is -0.478 e. The SMILES string of the molecule is Nc1cc(C(=O)O)ccc1NC(=O)c1cc(Br)ccc1I. The van der Waals surface area contributed by atoms with Gasteiger partial charge in [0.25, 0.3) is 5.91 Å². The summed E-state index contributed by atoms with van der Waals surface area (Å²) in [6, 6.07) is 9.54. The highest BCUT2D eigenvalue weighted by molar-refractivity contribution is 14.1. The van der Waals surface area contributed by atoms with Crippen LogP contribution in [0.5, 0.6) is 0 Å². The zero-order valence-electron chi connectivity index (χ0n) is 10.6. The molecule has 5 nitrogen and oxygen atoms in total. The molecule has 0 saturated heterocycles. The summed E-state index contributed by atoms with van der Waals surface area (Å²) < 4.78 is 1.59. The lowest BCUT2D eigenvalue weighted by atomic mass is 10.1. The maximum absolute atomic E-state index is 12.2. The molecule has 0 unspecified atom stereocenters. The van der Waals surface area contributed by atoms with Crippen molar-refractivity contribution in [3.8, 4) is 0 Å². The molecule has 21 heavy (non-hydrogen) atoms. The highest BCUT2D eigenvalue weighted by Gasteiger charge is 2.13. The number of nitrogen functional groups attached to an aromatic ring is 1. The largest absolute Gasteiger partial charge is 0.478 e. The van der Waals surface area contributed by atoms with E-state index in [1.165, 1.54) is 18.2 Å². The van der Waals surface area contributed by atoms with E-state index >= 15 is 0 Å². The number of carbonyl (C=O) groups excluding carboxylic acids is 1. The first-order valence-electron chi connectivity index (χ1n) is 5.77. The minimum atomic E-state index is -1.07. The van der Waals surface area contributed by atoms with Crippen LogP contribution in [0.1, 0.15) is 20.7 Å². The summed E-state index contributed by atoms with van der Waals surface area (Å²) >= 11 is 5.38. The third kappa shape index (κ3) is 3.73. The van der Waals surface area contributed by atoms with Crippen LogP contribution < -0.4 is 11.1 Å². The predicted molar refractivity (Wildman–Crippen MR) is 92.6 cm³/mol. The molecule has 2 aromatic rings. The zero-order valence-corrected chi connectivity index (χ0v) is 14.3. The minimum absolute atomic E-state index is 0.0718. The molecule has 0 radical (unpaired) electrons. The summed E-state index contributed by atoms with van der Waals surface area (Å²) in [5.74, 6) is -1.38. The first-order chi connectivity index (χ1) is 9.88. The number of aromatic carboxylic acids is 1. The Morgan fingerprint density at radius 3 is 2.52 bits per heavy atom. The maximum Gasteiger partial charge on any atom is 0.335 e. The number of hydrogen-bond acceptors (Lipinski definition) is 3. The molecule has 0 aromatic heterocycles. The van der Waals surface area contributed by atoms with Crippen LogP contribution in [-0.2, 0) is 0 Å². The lowest BCUT2D eigenvalue weighted by molar-refractivity contribution is 0.0697. The molecule has 4 N–H and O–H groups in total. The van der Waals surface area contributed by atoms with E-state index in [1.807, 2.05) is 12.1 Å². The predicted octanol–water partition coefficient (Wildman–Crippen LogP) is 3.59. The number of hydrogen-bond donors (Lipinski definition) is 3. The number of nitrogens with two attached hydrogens (primary N) is 1. The van der Waals surface area contributed by atoms with E-state index in [0.717, 1.165) is 8.04 Å². The molecule has 0 spiro atoms. The van der Waals surface area contributed by atoms with Gasteiger partial charge in [-0.05, 0) is 59.0 Å². The molecule has 0 aliphatic rings. The van der Waals surface area contributed by atoms with Crippen LogP contribution in [0.3, 0.4) is 0 Å². The summed E-state index contributed by atoms with van der Waals surface area (Å²) in [6.45, 7) is 0. The Kier molecular flexibility index (Phi) is 4.84. The highest BCUT2D eigenvalue weighted by atomic mass is 127. The van der Waals surface area contributed by atoms with Crippen molar-refractivity contribution in [1.29, 1.82) is 0 Å². The van der Waals surface area contributed by atoms with Crippen molar-refractivity contribution in [2.45, 2.75) is 0 Å². The molecule has 2 rings (SSSR count). The summed E-state index contributed by atoms with van der Waals surface area (Å²) in [5.41, 5.74) is 6.92. The standard InChI is InChI=1S/C14H10BrIN2O3/c15-8-2-3-10(16)9(6-8)13(19)18-12-4-1-7(14(20)21)5-11(12)17/h1-6H,17H2,(H,18,19)(H,20,21). The molecule has 0 saturated carbocycles. The Balaban J connectivity index is 2.27. The number of carboxylic acids is 1. The number of halogens is 2. The van der Waals surface area contributed by atoms with E-state index in [1.54, 1.807) is 6.07 Å². The Morgan fingerprint density at radius 2 is 1.90 bits per heavy atom. The lowest BCUT2D eigenvalue weighted by Crippen LogP contribution is -2.15. The molecule has 7 heteroatoms. The first-order valence-corrected chi connectivity index (χ1v) is 7.65. The maximum atomic E-state index is 12.2. The number of carbonyl (C=O) groups is 2. The van der Waals surface area contributed by atoms with Crippen LogP contribution in [0, 0.1) is 3.57 Å². The summed E-state index contributed by atoms with van der Waals surface area (Å²) in [4.78, 5) is 23.1. The molecule has 0 aliphatic heterocycles. The van der Waals surface area contributed by atoms with Crippen LogP contribution in [0.2, 0.25) is 0 Å². The van der Waals surface area contributed by atoms with E-state index in [-0.39, 0.29) is 17.2 Å². The van der Waals surface area contributed by atoms with Gasteiger partial charge >= 0.3 is 5.97 Å². The van der Waals surface area contributed by atoms with Gasteiger partial charge in [0.15, 0.2) is 0 Å². The fourth-order valence-corrected chi connectivity index (χ4v) is 2.61. The third-order valence-corrected chi connectivity index (χ3v) is 4.15. The summed E-state index contributed by atoms with van der Waals surface area (Å²) in [5, 5.41) is 11.6. The van der Waals surface area contributed by atoms with Gasteiger partial charge in [0.05, 0.1) is 22.5 Å². The number of benzene rings is 2. The van der Waals surface area contributed by atoms with Crippen LogP contribution in [0.4, 0.5) is 11.4 Å². The zero-order chi connectivity index (χ0) is 15.6. The smallest absolute Gasteiger partial charge is 0.335 e. The lowest BCUT2D eigenvalue weighted by Gasteiger charge is -2.10. The topological polar surface area (TPSA) is 92.4 Å². The van der Waals surface area contributed by atoms with Crippen LogP contribution >= 0.6 is 38.5 Å². The van der Waals surface area contributed by atoms with Gasteiger partial charge in [-0.2, -0.15) is 0 Å². The Hall–Kier alpha value is -1.61. The fourth-order valence-electron chi connectivity index (χ4n) is 1.67. The number of rotatable bonds is 3. The molecule has 0 bridgehead atoms. The van der Waals surface area contributed by atoms with Crippen molar-refractivity contribution in [1.82, 2.24) is 0 Å². The first kappa shape index (κ1) is 15.8. The fraction of sp³-hybridized carbons (Fsp3) is 0. The monoisotopic (exact) mass is 460 g/mol. The molecule has 1 amide bonds. The van der Waals surface area contributed by atoms with Crippen LogP contribution in [-0.4, -0.2) is 17.0 Å². The summed E-state index contributed by atoms with van der Waals surface area (Å²) in [6.07, 6.45) is 0. The van der Waals surface area contributed by atoms with Crippen LogP contribution in [0.15, 0.2) is 40.9 Å². The second-order valence-electron chi connectivity index (χ2n) is 4.19. The highest BCUT2D eigenvalue weighted by Crippen LogP contribution is 2.23. The van der Waals surface area contributed by atoms with E-state index in [2.05, 4.69) is 43.8 Å². The van der Waals surface area contributed by atoms with Gasteiger partial charge in [-0.25, -0.2) is 4.79 Å². The molecule has 0 fully saturated rings. The van der Waals surface area contributed by atoms with Gasteiger partial charge in [-0.15, -0.1) is 0 Å². The van der Waals surface area contributed by atoms with Gasteiger partial charge in [-0.3, -0.25) is 4.79 Å². The molecular weight excluding hydrogens is 451 g/mol. The Labute approximate surface area is 142 Å². The molecule has 0 atom stereocenters. The second kappa shape index (κ2) is 6.44. The number of anilines is 2. The molecule has 0 aliphatic carbocycles. The third-order valence-electron chi connectivity index (χ3n) is 2.72. The van der Waals surface area contributed by atoms with Crippen molar-refractivity contribution in [2.24, 2.45) is 0 Å². The van der Waals surface area contributed by atoms with Gasteiger partial charge < -0.3 is 16.2 Å². The van der Waals surface area contributed by atoms with E-state index < -0.39 is 5.97 Å². The van der Waals surface area contributed by atoms with E-state index in [9.17, 15) is 9.59 Å². The number of nitrogens with one attached hydrogen (secondary N) is 1. The van der Waals surface area contributed by atoms with Crippen LogP contribution in [0.25, 0.3) is 0 Å². The number of carboxylic acid groups (broad SMARTS) is 1. The van der Waals surface area contributed by atoms with Crippen molar-refractivity contribution < 1.29 is 14.7 Å². The Morgan fingerprint density at radius 1 is 1.19 bits per heavy atom. The molecule has 108 valence electrons. The van der Waals surface area contributed by atoms with Gasteiger partial charge in [0.2, 0.25) is 0 Å². The quantitative estimate of drug-likeness (QED) is 0.482. The van der Waals surface area contributed by atoms with Gasteiger partial charge in [0.1, 0.15) is 0 Å². The average Bonchev–Trinajstić information content (AvgIpc) is 2.43. The molecular formula is C14H10BrIN2O3. The summed E-state index contributed by atoms with van der Waals surface area (Å²) in [7, 11) is 0. The van der Waals surface area contributed by atoms with Crippen molar-refractivity contribution in [3.63, 3.8) is 0 Å².